The van der Waals surface area contributed by atoms with E-state index in [0.717, 1.165) is 0 Å². The van der Waals surface area contributed by atoms with Crippen molar-refractivity contribution < 1.29 is 23.6 Å². The molecule has 0 bridgehead atoms. The van der Waals surface area contributed by atoms with Crippen molar-refractivity contribution in [3.8, 4) is 5.69 Å². The molecule has 2 aromatic rings. The lowest BCUT2D eigenvalue weighted by Crippen LogP contribution is -2.47. The molecule has 1 aromatic heterocycles. The van der Waals surface area contributed by atoms with Gasteiger partial charge in [-0.2, -0.15) is 4.99 Å². The van der Waals surface area contributed by atoms with Crippen molar-refractivity contribution >= 4 is 17.8 Å². The molecule has 1 atom stereocenters. The maximum atomic E-state index is 13.8. The zero-order chi connectivity index (χ0) is 22.7. The van der Waals surface area contributed by atoms with Crippen molar-refractivity contribution in [1.29, 1.82) is 0 Å². The highest BCUT2D eigenvalue weighted by Crippen LogP contribution is 2.34. The van der Waals surface area contributed by atoms with Gasteiger partial charge in [-0.1, -0.05) is 5.06 Å². The van der Waals surface area contributed by atoms with Gasteiger partial charge < -0.3 is 19.0 Å². The molecule has 4 rings (SSSR count). The van der Waals surface area contributed by atoms with Crippen LogP contribution in [0.3, 0.4) is 0 Å². The van der Waals surface area contributed by atoms with Gasteiger partial charge in [0.25, 0.3) is 5.91 Å². The first kappa shape index (κ1) is 20.9. The summed E-state index contributed by atoms with van der Waals surface area (Å²) in [6, 6.07) is 3.96. The third-order valence-electron chi connectivity index (χ3n) is 4.95. The van der Waals surface area contributed by atoms with Crippen LogP contribution in [-0.4, -0.2) is 57.0 Å². The second-order valence-corrected chi connectivity index (χ2v) is 8.47. The number of hydrogen-bond acceptors (Lipinski definition) is 8. The zero-order valence-corrected chi connectivity index (χ0v) is 17.8. The van der Waals surface area contributed by atoms with Crippen LogP contribution in [0.4, 0.5) is 4.39 Å². The van der Waals surface area contributed by atoms with Crippen molar-refractivity contribution in [1.82, 2.24) is 19.5 Å². The second-order valence-electron chi connectivity index (χ2n) is 8.47. The maximum absolute atomic E-state index is 13.8. The van der Waals surface area contributed by atoms with E-state index in [-0.39, 0.29) is 29.6 Å². The summed E-state index contributed by atoms with van der Waals surface area (Å²) >= 11 is 0. The number of amides is 1. The van der Waals surface area contributed by atoms with E-state index in [0.29, 0.717) is 11.4 Å². The third-order valence-corrected chi connectivity index (χ3v) is 4.95. The second kappa shape index (κ2) is 6.86. The topological polar surface area (TPSA) is 115 Å². The van der Waals surface area contributed by atoms with E-state index >= 15 is 0 Å². The van der Waals surface area contributed by atoms with Gasteiger partial charge in [0.15, 0.2) is 0 Å². The highest BCUT2D eigenvalue weighted by molar-refractivity contribution is 6.33. The molecule has 0 spiro atoms. The largest absolute Gasteiger partial charge is 0.453 e. The molecule has 2 aliphatic heterocycles. The van der Waals surface area contributed by atoms with Crippen LogP contribution >= 0.6 is 0 Å². The molecular weight excluding hydrogens is 407 g/mol. The maximum Gasteiger partial charge on any atom is 0.396 e. The number of esters is 1. The first-order chi connectivity index (χ1) is 14.4. The molecule has 1 unspecified atom stereocenters. The molecule has 0 aliphatic carbocycles. The van der Waals surface area contributed by atoms with Crippen molar-refractivity contribution in [2.45, 2.75) is 38.7 Å². The Kier molecular flexibility index (Phi) is 4.63. The van der Waals surface area contributed by atoms with E-state index in [2.05, 4.69) is 9.98 Å². The predicted octanol–water partition coefficient (Wildman–Crippen LogP) is 1.28. The number of hydrogen-bond donors (Lipinski definition) is 1. The SMILES string of the molecule is CN1Cc2c(C3(N)N=C(C(=O)OC(C)(C)C)ON3C)ncn2-c2ccc(F)cc2C1=O. The van der Waals surface area contributed by atoms with E-state index in [1.807, 2.05) is 0 Å². The van der Waals surface area contributed by atoms with E-state index in [9.17, 15) is 14.0 Å². The summed E-state index contributed by atoms with van der Waals surface area (Å²) in [5.74, 6) is -3.56. The summed E-state index contributed by atoms with van der Waals surface area (Å²) in [5, 5.41) is 1.20. The van der Waals surface area contributed by atoms with Gasteiger partial charge in [0, 0.05) is 14.1 Å². The van der Waals surface area contributed by atoms with E-state index in [4.69, 9.17) is 15.3 Å². The minimum absolute atomic E-state index is 0.133. The number of carbonyl (C=O) groups is 2. The smallest absolute Gasteiger partial charge is 0.396 e. The molecule has 31 heavy (non-hydrogen) atoms. The van der Waals surface area contributed by atoms with Crippen LogP contribution < -0.4 is 5.73 Å². The predicted molar refractivity (Wildman–Crippen MR) is 107 cm³/mol. The molecule has 2 aliphatic rings. The summed E-state index contributed by atoms with van der Waals surface area (Å²) in [7, 11) is 3.11. The Hall–Kier alpha value is -3.31. The van der Waals surface area contributed by atoms with Crippen molar-refractivity contribution in [2.75, 3.05) is 14.1 Å². The molecule has 0 saturated carbocycles. The van der Waals surface area contributed by atoms with E-state index in [1.165, 1.54) is 41.5 Å². The summed E-state index contributed by atoms with van der Waals surface area (Å²) in [4.78, 5) is 40.8. The zero-order valence-electron chi connectivity index (χ0n) is 17.8. The fourth-order valence-corrected chi connectivity index (χ4v) is 3.48. The number of rotatable bonds is 2. The Morgan fingerprint density at radius 2 is 2.03 bits per heavy atom. The van der Waals surface area contributed by atoms with Crippen LogP contribution in [0.2, 0.25) is 0 Å². The van der Waals surface area contributed by atoms with Gasteiger partial charge in [0.1, 0.15) is 23.4 Å². The third kappa shape index (κ3) is 3.45. The first-order valence-corrected chi connectivity index (χ1v) is 9.56. The fourth-order valence-electron chi connectivity index (χ4n) is 3.48. The number of ether oxygens (including phenoxy) is 1. The quantitative estimate of drug-likeness (QED) is 0.714. The van der Waals surface area contributed by atoms with Crippen LogP contribution in [0.1, 0.15) is 42.5 Å². The van der Waals surface area contributed by atoms with E-state index in [1.54, 1.807) is 32.4 Å². The number of halogens is 1. The molecule has 0 fully saturated rings. The molecule has 0 saturated heterocycles. The van der Waals surface area contributed by atoms with Gasteiger partial charge in [-0.25, -0.2) is 14.2 Å². The number of benzene rings is 1. The average Bonchev–Trinajstić information content (AvgIpc) is 3.19. The number of aromatic nitrogens is 2. The number of hydroxylamine groups is 2. The number of nitrogens with two attached hydrogens (primary N) is 1. The Morgan fingerprint density at radius 1 is 1.32 bits per heavy atom. The highest BCUT2D eigenvalue weighted by Gasteiger charge is 2.47. The minimum Gasteiger partial charge on any atom is -0.453 e. The molecule has 1 aromatic carbocycles. The van der Waals surface area contributed by atoms with Gasteiger partial charge in [0.2, 0.25) is 5.79 Å². The number of carbonyl (C=O) groups excluding carboxylic acids is 2. The number of nitrogens with zero attached hydrogens (tertiary/aromatic N) is 5. The minimum atomic E-state index is -1.64. The van der Waals surface area contributed by atoms with Gasteiger partial charge in [-0.15, -0.1) is 0 Å². The summed E-state index contributed by atoms with van der Waals surface area (Å²) in [5.41, 5.74) is 7.28. The average molecular weight is 430 g/mol. The van der Waals surface area contributed by atoms with Crippen LogP contribution in [0, 0.1) is 5.82 Å². The lowest BCUT2D eigenvalue weighted by atomic mass is 10.1. The molecule has 164 valence electrons. The van der Waals surface area contributed by atoms with Crippen molar-refractivity contribution in [3.63, 3.8) is 0 Å². The number of aliphatic imine (C=N–C) groups is 1. The number of imidazole rings is 1. The number of fused-ring (bicyclic) bond motifs is 3. The molecule has 1 amide bonds. The van der Waals surface area contributed by atoms with Crippen molar-refractivity contribution in [3.05, 3.63) is 47.3 Å². The van der Waals surface area contributed by atoms with Crippen molar-refractivity contribution in [2.24, 2.45) is 10.7 Å². The molecule has 3 heterocycles. The Bertz CT molecular complexity index is 1120. The van der Waals surface area contributed by atoms with Crippen LogP contribution in [0.25, 0.3) is 5.69 Å². The summed E-state index contributed by atoms with van der Waals surface area (Å²) < 4.78 is 20.8. The standard InChI is InChI=1S/C20H23FN6O4/c1-19(2,3)30-18(29)16-24-20(22,26(5)31-16)15-14-9-25(4)17(28)12-8-11(21)6-7-13(12)27(14)10-23-15/h6-8,10H,9,22H2,1-5H3. The monoisotopic (exact) mass is 430 g/mol. The van der Waals surface area contributed by atoms with Gasteiger partial charge in [0.05, 0.1) is 23.5 Å². The van der Waals surface area contributed by atoms with Crippen LogP contribution in [0.5, 0.6) is 0 Å². The molecule has 2 N–H and O–H groups in total. The van der Waals surface area contributed by atoms with Gasteiger partial charge >= 0.3 is 11.9 Å². The molecule has 11 heteroatoms. The van der Waals surface area contributed by atoms with Gasteiger partial charge in [-0.05, 0) is 39.0 Å². The lowest BCUT2D eigenvalue weighted by Gasteiger charge is -2.26. The fraction of sp³-hybridized carbons (Fsp3) is 0.400. The lowest BCUT2D eigenvalue weighted by molar-refractivity contribution is -0.154. The molecular formula is C20H23FN6O4. The van der Waals surface area contributed by atoms with Crippen LogP contribution in [0.15, 0.2) is 29.5 Å². The summed E-state index contributed by atoms with van der Waals surface area (Å²) in [6.07, 6.45) is 1.48. The Morgan fingerprint density at radius 3 is 2.71 bits per heavy atom. The Balaban J connectivity index is 1.81. The molecule has 0 radical (unpaired) electrons. The normalized spacial score (nSPS) is 21.2. The molecule has 10 nitrogen and oxygen atoms in total. The Labute approximate surface area is 178 Å². The highest BCUT2D eigenvalue weighted by atomic mass is 19.1. The summed E-state index contributed by atoms with van der Waals surface area (Å²) in [6.45, 7) is 5.31. The van der Waals surface area contributed by atoms with Gasteiger partial charge in [-0.3, -0.25) is 10.5 Å². The van der Waals surface area contributed by atoms with E-state index < -0.39 is 23.2 Å². The van der Waals surface area contributed by atoms with Crippen LogP contribution in [-0.2, 0) is 26.7 Å². The first-order valence-electron chi connectivity index (χ1n) is 9.56.